The summed E-state index contributed by atoms with van der Waals surface area (Å²) in [4.78, 5) is 7.96. The van der Waals surface area contributed by atoms with Gasteiger partial charge in [0.1, 0.15) is 10.9 Å². The first kappa shape index (κ1) is 15.4. The van der Waals surface area contributed by atoms with Crippen molar-refractivity contribution in [3.63, 3.8) is 0 Å². The highest BCUT2D eigenvalue weighted by Crippen LogP contribution is 2.31. The van der Waals surface area contributed by atoms with E-state index >= 15 is 0 Å². The molecule has 2 rings (SSSR count). The van der Waals surface area contributed by atoms with Crippen LogP contribution in [0.15, 0.2) is 25.0 Å². The topological polar surface area (TPSA) is 44.2 Å². The summed E-state index contributed by atoms with van der Waals surface area (Å²) in [5.41, 5.74) is 0.612. The number of ether oxygens (including phenoxy) is 2. The van der Waals surface area contributed by atoms with Crippen molar-refractivity contribution in [2.75, 3.05) is 13.2 Å². The van der Waals surface area contributed by atoms with Gasteiger partial charge in [0.25, 0.3) is 6.43 Å². The van der Waals surface area contributed by atoms with Gasteiger partial charge in [-0.2, -0.15) is 0 Å². The highest BCUT2D eigenvalue weighted by molar-refractivity contribution is 6.30. The molecule has 0 aliphatic carbocycles. The van der Waals surface area contributed by atoms with Crippen molar-refractivity contribution >= 4 is 28.1 Å². The molecule has 0 aliphatic heterocycles. The van der Waals surface area contributed by atoms with Gasteiger partial charge in [0.15, 0.2) is 6.61 Å². The van der Waals surface area contributed by atoms with Crippen molar-refractivity contribution in [3.8, 4) is 5.88 Å². The normalized spacial score (nSPS) is 10.9. The van der Waals surface area contributed by atoms with Gasteiger partial charge in [0.05, 0.1) is 12.0 Å². The summed E-state index contributed by atoms with van der Waals surface area (Å²) >= 11 is 5.89. The van der Waals surface area contributed by atoms with Gasteiger partial charge in [-0.3, -0.25) is 0 Å². The van der Waals surface area contributed by atoms with Crippen LogP contribution in [0.5, 0.6) is 5.88 Å². The Morgan fingerprint density at radius 2 is 2.10 bits per heavy atom. The third-order valence-corrected chi connectivity index (χ3v) is 2.87. The fraction of sp³-hybridized carbons (Fsp3) is 0.286. The highest BCUT2D eigenvalue weighted by atomic mass is 35.5. The van der Waals surface area contributed by atoms with Crippen LogP contribution in [0.2, 0.25) is 5.15 Å². The third-order valence-electron chi connectivity index (χ3n) is 2.67. The molecule has 0 fully saturated rings. The van der Waals surface area contributed by atoms with E-state index in [4.69, 9.17) is 21.1 Å². The summed E-state index contributed by atoms with van der Waals surface area (Å²) in [6, 6.07) is 1.59. The molecule has 2 aromatic rings. The van der Waals surface area contributed by atoms with Crippen LogP contribution in [0.1, 0.15) is 12.5 Å². The summed E-state index contributed by atoms with van der Waals surface area (Å²) in [7, 11) is 0. The Bertz CT molecular complexity index is 665. The third kappa shape index (κ3) is 3.58. The second kappa shape index (κ2) is 6.67. The maximum Gasteiger partial charge on any atom is 0.272 e. The first-order valence-corrected chi connectivity index (χ1v) is 6.58. The van der Waals surface area contributed by atoms with Crippen LogP contribution >= 0.6 is 11.6 Å². The summed E-state index contributed by atoms with van der Waals surface area (Å²) in [5.74, 6) is 0.486. The Hall–Kier alpha value is -1.95. The molecule has 0 aromatic carbocycles. The van der Waals surface area contributed by atoms with Crippen molar-refractivity contribution in [1.82, 2.24) is 9.97 Å². The molecular formula is C14H13ClF2N2O2. The molecule has 21 heavy (non-hydrogen) atoms. The van der Waals surface area contributed by atoms with Crippen molar-refractivity contribution < 1.29 is 18.3 Å². The fourth-order valence-corrected chi connectivity index (χ4v) is 1.97. The molecular weight excluding hydrogens is 302 g/mol. The van der Waals surface area contributed by atoms with Crippen molar-refractivity contribution in [3.05, 3.63) is 35.8 Å². The van der Waals surface area contributed by atoms with Crippen LogP contribution in [0, 0.1) is 0 Å². The number of fused-ring (bicyclic) bond motifs is 1. The number of alkyl halides is 2. The predicted octanol–water partition coefficient (Wildman–Crippen LogP) is 3.93. The zero-order chi connectivity index (χ0) is 15.4. The SMILES string of the molecule is C=C(OCC)c1cnc(OCC(F)F)c2cnc(Cl)cc12. The Labute approximate surface area is 125 Å². The van der Waals surface area contributed by atoms with E-state index < -0.39 is 13.0 Å². The Morgan fingerprint density at radius 3 is 2.76 bits per heavy atom. The maximum absolute atomic E-state index is 12.3. The number of hydrogen-bond acceptors (Lipinski definition) is 4. The molecule has 0 amide bonds. The minimum Gasteiger partial charge on any atom is -0.494 e. The summed E-state index contributed by atoms with van der Waals surface area (Å²) in [5, 5.41) is 1.37. The van der Waals surface area contributed by atoms with E-state index in [0.29, 0.717) is 28.7 Å². The van der Waals surface area contributed by atoms with Crippen LogP contribution in [0.25, 0.3) is 16.5 Å². The zero-order valence-electron chi connectivity index (χ0n) is 11.3. The summed E-state index contributed by atoms with van der Waals surface area (Å²) < 4.78 is 34.9. The lowest BCUT2D eigenvalue weighted by molar-refractivity contribution is 0.0804. The molecule has 0 saturated carbocycles. The largest absolute Gasteiger partial charge is 0.494 e. The standard InChI is InChI=1S/C14H13ClF2N2O2/c1-3-20-8(2)10-5-19-14(21-7-13(16)17)11-6-18-12(15)4-9(10)11/h4-6,13H,2-3,7H2,1H3. The number of halogens is 3. The van der Waals surface area contributed by atoms with Crippen molar-refractivity contribution in [2.24, 2.45) is 0 Å². The molecule has 2 heterocycles. The monoisotopic (exact) mass is 314 g/mol. The van der Waals surface area contributed by atoms with Crippen LogP contribution in [0.3, 0.4) is 0 Å². The lowest BCUT2D eigenvalue weighted by Crippen LogP contribution is -2.08. The van der Waals surface area contributed by atoms with Gasteiger partial charge in [0, 0.05) is 23.3 Å². The minimum absolute atomic E-state index is 0.0718. The molecule has 0 N–H and O–H groups in total. The van der Waals surface area contributed by atoms with Gasteiger partial charge in [-0.25, -0.2) is 18.7 Å². The van der Waals surface area contributed by atoms with E-state index in [9.17, 15) is 8.78 Å². The van der Waals surface area contributed by atoms with Crippen LogP contribution < -0.4 is 4.74 Å². The smallest absolute Gasteiger partial charge is 0.272 e. The molecule has 0 unspecified atom stereocenters. The Kier molecular flexibility index (Phi) is 4.90. The van der Waals surface area contributed by atoms with Gasteiger partial charge in [-0.15, -0.1) is 0 Å². The van der Waals surface area contributed by atoms with E-state index in [1.54, 1.807) is 6.07 Å². The van der Waals surface area contributed by atoms with Gasteiger partial charge < -0.3 is 9.47 Å². The first-order valence-electron chi connectivity index (χ1n) is 6.20. The Morgan fingerprint density at radius 1 is 1.33 bits per heavy atom. The van der Waals surface area contributed by atoms with Gasteiger partial charge in [0.2, 0.25) is 5.88 Å². The van der Waals surface area contributed by atoms with Crippen molar-refractivity contribution in [1.29, 1.82) is 0 Å². The van der Waals surface area contributed by atoms with E-state index in [1.807, 2.05) is 6.92 Å². The molecule has 0 saturated heterocycles. The van der Waals surface area contributed by atoms with E-state index in [1.165, 1.54) is 12.4 Å². The molecule has 4 nitrogen and oxygen atoms in total. The predicted molar refractivity (Wildman–Crippen MR) is 76.7 cm³/mol. The average molecular weight is 315 g/mol. The van der Waals surface area contributed by atoms with E-state index in [-0.39, 0.29) is 11.0 Å². The molecule has 0 atom stereocenters. The second-order valence-electron chi connectivity index (χ2n) is 4.09. The number of nitrogens with zero attached hydrogens (tertiary/aromatic N) is 2. The zero-order valence-corrected chi connectivity index (χ0v) is 12.0. The number of aromatic nitrogens is 2. The molecule has 7 heteroatoms. The van der Waals surface area contributed by atoms with Crippen LogP contribution in [0.4, 0.5) is 8.78 Å². The highest BCUT2D eigenvalue weighted by Gasteiger charge is 2.14. The summed E-state index contributed by atoms with van der Waals surface area (Å²) in [6.07, 6.45) is 0.297. The van der Waals surface area contributed by atoms with Crippen molar-refractivity contribution in [2.45, 2.75) is 13.3 Å². The van der Waals surface area contributed by atoms with Gasteiger partial charge in [-0.05, 0) is 13.0 Å². The minimum atomic E-state index is -2.58. The van der Waals surface area contributed by atoms with Gasteiger partial charge >= 0.3 is 0 Å². The summed E-state index contributed by atoms with van der Waals surface area (Å²) in [6.45, 7) is 5.35. The number of hydrogen-bond donors (Lipinski definition) is 0. The maximum atomic E-state index is 12.3. The van der Waals surface area contributed by atoms with Crippen LogP contribution in [-0.2, 0) is 4.74 Å². The first-order chi connectivity index (χ1) is 10.0. The van der Waals surface area contributed by atoms with Crippen LogP contribution in [-0.4, -0.2) is 29.6 Å². The van der Waals surface area contributed by atoms with E-state index in [0.717, 1.165) is 0 Å². The molecule has 2 aromatic heterocycles. The molecule has 0 spiro atoms. The lowest BCUT2D eigenvalue weighted by Gasteiger charge is -2.13. The fourth-order valence-electron chi connectivity index (χ4n) is 1.82. The molecule has 0 radical (unpaired) electrons. The molecule has 0 aliphatic rings. The number of pyridine rings is 2. The number of rotatable bonds is 6. The average Bonchev–Trinajstić information content (AvgIpc) is 2.44. The quantitative estimate of drug-likeness (QED) is 0.598. The Balaban J connectivity index is 2.51. The van der Waals surface area contributed by atoms with Gasteiger partial charge in [-0.1, -0.05) is 18.2 Å². The second-order valence-corrected chi connectivity index (χ2v) is 4.48. The molecule has 112 valence electrons. The lowest BCUT2D eigenvalue weighted by atomic mass is 10.1. The molecule has 0 bridgehead atoms. The van der Waals surface area contributed by atoms with E-state index in [2.05, 4.69) is 16.5 Å².